The summed E-state index contributed by atoms with van der Waals surface area (Å²) in [6.45, 7) is 2.02. The van der Waals surface area contributed by atoms with Crippen molar-refractivity contribution in [2.75, 3.05) is 4.90 Å². The third-order valence-electron chi connectivity index (χ3n) is 6.10. The first-order valence-corrected chi connectivity index (χ1v) is 13.1. The van der Waals surface area contributed by atoms with Gasteiger partial charge in [0.2, 0.25) is 10.9 Å². The fourth-order valence-corrected chi connectivity index (χ4v) is 6.11. The molecule has 3 aromatic carbocycles. The van der Waals surface area contributed by atoms with Crippen LogP contribution in [0.25, 0.3) is 11.0 Å². The molecule has 1 aliphatic rings. The van der Waals surface area contributed by atoms with Gasteiger partial charge in [-0.2, -0.15) is 0 Å². The molecule has 1 unspecified atom stereocenters. The Kier molecular flexibility index (Phi) is 5.85. The van der Waals surface area contributed by atoms with Crippen LogP contribution in [-0.2, 0) is 5.75 Å². The van der Waals surface area contributed by atoms with E-state index in [-0.39, 0.29) is 27.4 Å². The van der Waals surface area contributed by atoms with Crippen LogP contribution in [0.1, 0.15) is 38.9 Å². The van der Waals surface area contributed by atoms with Crippen molar-refractivity contribution in [1.82, 2.24) is 10.2 Å². The zero-order valence-electron chi connectivity index (χ0n) is 19.3. The minimum Gasteiger partial charge on any atom is -0.450 e. The van der Waals surface area contributed by atoms with Gasteiger partial charge in [-0.3, -0.25) is 14.5 Å². The molecule has 0 saturated carbocycles. The van der Waals surface area contributed by atoms with Crippen LogP contribution < -0.4 is 10.3 Å². The van der Waals surface area contributed by atoms with E-state index < -0.39 is 29.0 Å². The van der Waals surface area contributed by atoms with Crippen LogP contribution in [0, 0.1) is 18.6 Å². The van der Waals surface area contributed by atoms with Gasteiger partial charge in [0.1, 0.15) is 17.2 Å². The zero-order chi connectivity index (χ0) is 25.7. The van der Waals surface area contributed by atoms with Gasteiger partial charge < -0.3 is 4.42 Å². The summed E-state index contributed by atoms with van der Waals surface area (Å²) in [6.07, 6.45) is 0. The van der Waals surface area contributed by atoms with Crippen molar-refractivity contribution in [3.8, 4) is 0 Å². The molecule has 0 aliphatic carbocycles. The minimum atomic E-state index is -0.935. The summed E-state index contributed by atoms with van der Waals surface area (Å²) in [7, 11) is 0. The Morgan fingerprint density at radius 3 is 2.46 bits per heavy atom. The molecule has 3 heterocycles. The number of aryl methyl sites for hydroxylation is 1. The third-order valence-corrected chi connectivity index (χ3v) is 8.23. The van der Waals surface area contributed by atoms with Gasteiger partial charge >= 0.3 is 0 Å². The van der Waals surface area contributed by atoms with Crippen LogP contribution in [0.3, 0.4) is 0 Å². The number of hydrogen-bond acceptors (Lipinski definition) is 7. The largest absolute Gasteiger partial charge is 0.450 e. The number of fused-ring (bicyclic) bond motifs is 2. The molecular weight excluding hydrogens is 516 g/mol. The standard InChI is InChI=1S/C27H17F2N3O3S2/c1-14-2-4-15(5-3-14)13-36-27-31-30-26(37-27)32-22(16-6-8-17(28)9-7-16)21-23(33)19-12-18(29)10-11-20(19)35-24(21)25(32)34/h2-12,22H,13H2,1H3. The van der Waals surface area contributed by atoms with E-state index in [0.29, 0.717) is 15.7 Å². The molecule has 1 amide bonds. The van der Waals surface area contributed by atoms with Crippen molar-refractivity contribution in [1.29, 1.82) is 0 Å². The molecule has 0 spiro atoms. The number of nitrogens with zero attached hydrogens (tertiary/aromatic N) is 3. The number of carbonyl (C=O) groups excluding carboxylic acids is 1. The molecule has 6 rings (SSSR count). The van der Waals surface area contributed by atoms with Gasteiger partial charge in [-0.15, -0.1) is 10.2 Å². The van der Waals surface area contributed by atoms with Crippen molar-refractivity contribution in [2.24, 2.45) is 0 Å². The third kappa shape index (κ3) is 4.21. The monoisotopic (exact) mass is 533 g/mol. The van der Waals surface area contributed by atoms with Gasteiger partial charge in [-0.05, 0) is 48.4 Å². The Morgan fingerprint density at radius 2 is 1.70 bits per heavy atom. The van der Waals surface area contributed by atoms with Gasteiger partial charge in [0.25, 0.3) is 5.91 Å². The summed E-state index contributed by atoms with van der Waals surface area (Å²) < 4.78 is 34.1. The van der Waals surface area contributed by atoms with E-state index in [0.717, 1.165) is 17.7 Å². The fraction of sp³-hybridized carbons (Fsp3) is 0.111. The van der Waals surface area contributed by atoms with E-state index in [1.165, 1.54) is 63.9 Å². The predicted octanol–water partition coefficient (Wildman–Crippen LogP) is 6.27. The number of amides is 1. The van der Waals surface area contributed by atoms with Gasteiger partial charge in [0.05, 0.1) is 17.0 Å². The summed E-state index contributed by atoms with van der Waals surface area (Å²) in [5, 5.41) is 8.77. The normalized spacial score (nSPS) is 14.9. The Labute approximate surface area is 217 Å². The minimum absolute atomic E-state index is 0.0205. The molecule has 1 aliphatic heterocycles. The lowest BCUT2D eigenvalue weighted by atomic mass is 9.98. The summed E-state index contributed by atoms with van der Waals surface area (Å²) in [5.74, 6) is -1.11. The zero-order valence-corrected chi connectivity index (χ0v) is 20.9. The highest BCUT2D eigenvalue weighted by Gasteiger charge is 2.45. The quantitative estimate of drug-likeness (QED) is 0.196. The molecule has 0 bridgehead atoms. The maximum absolute atomic E-state index is 14.0. The number of anilines is 1. The highest BCUT2D eigenvalue weighted by molar-refractivity contribution is 8.00. The van der Waals surface area contributed by atoms with E-state index in [9.17, 15) is 18.4 Å². The average molecular weight is 534 g/mol. The van der Waals surface area contributed by atoms with Crippen molar-refractivity contribution in [3.05, 3.63) is 117 Å². The van der Waals surface area contributed by atoms with Crippen molar-refractivity contribution in [3.63, 3.8) is 0 Å². The predicted molar refractivity (Wildman–Crippen MR) is 138 cm³/mol. The van der Waals surface area contributed by atoms with Gasteiger partial charge in [-0.25, -0.2) is 8.78 Å². The molecule has 6 nitrogen and oxygen atoms in total. The molecule has 0 fully saturated rings. The summed E-state index contributed by atoms with van der Waals surface area (Å²) in [5.41, 5.74) is 2.41. The molecule has 2 aromatic heterocycles. The second kappa shape index (κ2) is 9.20. The second-order valence-corrected chi connectivity index (χ2v) is 10.7. The van der Waals surface area contributed by atoms with E-state index in [4.69, 9.17) is 4.42 Å². The number of hydrogen-bond donors (Lipinski definition) is 0. The Bertz CT molecular complexity index is 1720. The number of benzene rings is 3. The Hall–Kier alpha value is -3.89. The Balaban J connectivity index is 1.42. The highest BCUT2D eigenvalue weighted by Crippen LogP contribution is 2.43. The van der Waals surface area contributed by atoms with Crippen LogP contribution in [-0.4, -0.2) is 16.1 Å². The number of aromatic nitrogens is 2. The molecule has 5 aromatic rings. The maximum Gasteiger partial charge on any atom is 0.297 e. The Morgan fingerprint density at radius 1 is 0.973 bits per heavy atom. The van der Waals surface area contributed by atoms with E-state index >= 15 is 0 Å². The lowest BCUT2D eigenvalue weighted by Crippen LogP contribution is -2.29. The number of halogens is 2. The van der Waals surface area contributed by atoms with Gasteiger partial charge in [-0.1, -0.05) is 65.1 Å². The molecular formula is C27H17F2N3O3S2. The van der Waals surface area contributed by atoms with Crippen LogP contribution in [0.2, 0.25) is 0 Å². The summed E-state index contributed by atoms with van der Waals surface area (Å²) >= 11 is 2.69. The summed E-state index contributed by atoms with van der Waals surface area (Å²) in [6, 6.07) is 16.3. The number of thioether (sulfide) groups is 1. The number of carbonyl (C=O) groups is 1. The lowest BCUT2D eigenvalue weighted by molar-refractivity contribution is 0.0970. The van der Waals surface area contributed by atoms with Crippen LogP contribution in [0.4, 0.5) is 13.9 Å². The van der Waals surface area contributed by atoms with Crippen LogP contribution in [0.5, 0.6) is 0 Å². The van der Waals surface area contributed by atoms with Crippen molar-refractivity contribution < 1.29 is 18.0 Å². The first kappa shape index (κ1) is 23.5. The highest BCUT2D eigenvalue weighted by atomic mass is 32.2. The lowest BCUT2D eigenvalue weighted by Gasteiger charge is -2.22. The average Bonchev–Trinajstić information content (AvgIpc) is 3.47. The molecule has 1 atom stereocenters. The van der Waals surface area contributed by atoms with Crippen molar-refractivity contribution in [2.45, 2.75) is 23.1 Å². The smallest absolute Gasteiger partial charge is 0.297 e. The summed E-state index contributed by atoms with van der Waals surface area (Å²) in [4.78, 5) is 28.5. The van der Waals surface area contributed by atoms with Gasteiger partial charge in [0.15, 0.2) is 9.77 Å². The van der Waals surface area contributed by atoms with E-state index in [1.54, 1.807) is 0 Å². The van der Waals surface area contributed by atoms with Crippen LogP contribution >= 0.6 is 23.1 Å². The van der Waals surface area contributed by atoms with Crippen molar-refractivity contribution >= 4 is 45.1 Å². The fourth-order valence-electron chi connectivity index (χ4n) is 4.29. The van der Waals surface area contributed by atoms with Crippen LogP contribution in [0.15, 0.2) is 80.3 Å². The van der Waals surface area contributed by atoms with Gasteiger partial charge in [0, 0.05) is 5.75 Å². The van der Waals surface area contributed by atoms with E-state index in [1.807, 2.05) is 31.2 Å². The molecule has 0 N–H and O–H groups in total. The number of rotatable bonds is 5. The first-order chi connectivity index (χ1) is 17.9. The molecule has 0 radical (unpaired) electrons. The molecule has 184 valence electrons. The molecule has 37 heavy (non-hydrogen) atoms. The second-order valence-electron chi connectivity index (χ2n) is 8.57. The maximum atomic E-state index is 14.0. The topological polar surface area (TPSA) is 76.3 Å². The molecule has 10 heteroatoms. The first-order valence-electron chi connectivity index (χ1n) is 11.3. The SMILES string of the molecule is Cc1ccc(CSc2nnc(N3C(=O)c4oc5ccc(F)cc5c(=O)c4C3c3ccc(F)cc3)s2)cc1. The van der Waals surface area contributed by atoms with E-state index in [2.05, 4.69) is 10.2 Å². The molecule has 0 saturated heterocycles.